The molecule has 1 fully saturated rings. The number of hydrogen-bond donors (Lipinski definition) is 1. The van der Waals surface area contributed by atoms with Crippen molar-refractivity contribution in [1.82, 2.24) is 4.90 Å². The van der Waals surface area contributed by atoms with Gasteiger partial charge in [0.05, 0.1) is 0 Å². The molecule has 21 heavy (non-hydrogen) atoms. The first kappa shape index (κ1) is 15.7. The van der Waals surface area contributed by atoms with Crippen molar-refractivity contribution in [2.24, 2.45) is 0 Å². The van der Waals surface area contributed by atoms with Crippen molar-refractivity contribution in [2.75, 3.05) is 12.3 Å². The second kappa shape index (κ2) is 5.96. The van der Waals surface area contributed by atoms with Gasteiger partial charge in [0.1, 0.15) is 5.60 Å². The number of piperidine rings is 1. The van der Waals surface area contributed by atoms with Crippen molar-refractivity contribution in [2.45, 2.75) is 58.1 Å². The second-order valence-corrected chi connectivity index (χ2v) is 6.91. The first-order valence-corrected chi connectivity index (χ1v) is 7.61. The monoisotopic (exact) mass is 290 g/mol. The van der Waals surface area contributed by atoms with Crippen LogP contribution in [0.5, 0.6) is 0 Å². The number of nitrogens with zero attached hydrogens (tertiary/aromatic N) is 1. The van der Waals surface area contributed by atoms with Gasteiger partial charge < -0.3 is 15.4 Å². The number of benzene rings is 1. The smallest absolute Gasteiger partial charge is 0.410 e. The molecule has 2 atom stereocenters. The van der Waals surface area contributed by atoms with Crippen LogP contribution in [0.4, 0.5) is 10.5 Å². The fourth-order valence-electron chi connectivity index (χ4n) is 2.83. The molecule has 0 bridgehead atoms. The lowest BCUT2D eigenvalue weighted by atomic mass is 9.86. The van der Waals surface area contributed by atoms with E-state index < -0.39 is 5.60 Å². The van der Waals surface area contributed by atoms with E-state index in [4.69, 9.17) is 10.5 Å². The zero-order valence-corrected chi connectivity index (χ0v) is 13.4. The Kier molecular flexibility index (Phi) is 4.45. The standard InChI is InChI=1S/C17H26N2O2/c1-12-11-14(13-5-7-15(18)8-6-13)9-10-19(12)16(20)21-17(2,3)4/h5-8,12,14H,9-11,18H2,1-4H3/t12-,14-/m0/s1. The Hall–Kier alpha value is -1.71. The van der Waals surface area contributed by atoms with Crippen LogP contribution in [0.3, 0.4) is 0 Å². The van der Waals surface area contributed by atoms with Crippen molar-refractivity contribution in [3.63, 3.8) is 0 Å². The quantitative estimate of drug-likeness (QED) is 0.801. The summed E-state index contributed by atoms with van der Waals surface area (Å²) in [6.07, 6.45) is 1.72. The molecule has 1 amide bonds. The molecule has 0 spiro atoms. The van der Waals surface area contributed by atoms with Gasteiger partial charge in [0.15, 0.2) is 0 Å². The Balaban J connectivity index is 1.99. The van der Waals surface area contributed by atoms with E-state index in [-0.39, 0.29) is 12.1 Å². The minimum atomic E-state index is -0.440. The van der Waals surface area contributed by atoms with Gasteiger partial charge in [-0.3, -0.25) is 0 Å². The molecule has 0 saturated carbocycles. The summed E-state index contributed by atoms with van der Waals surface area (Å²) >= 11 is 0. The number of nitrogens with two attached hydrogens (primary N) is 1. The fourth-order valence-corrected chi connectivity index (χ4v) is 2.83. The first-order valence-electron chi connectivity index (χ1n) is 7.61. The predicted octanol–water partition coefficient (Wildman–Crippen LogP) is 3.77. The average molecular weight is 290 g/mol. The van der Waals surface area contributed by atoms with Crippen molar-refractivity contribution in [1.29, 1.82) is 0 Å². The predicted molar refractivity (Wildman–Crippen MR) is 85.2 cm³/mol. The summed E-state index contributed by atoms with van der Waals surface area (Å²) in [7, 11) is 0. The molecule has 1 aliphatic heterocycles. The largest absolute Gasteiger partial charge is 0.444 e. The van der Waals surface area contributed by atoms with E-state index in [0.29, 0.717) is 5.92 Å². The molecule has 0 radical (unpaired) electrons. The van der Waals surface area contributed by atoms with Crippen LogP contribution in [0, 0.1) is 0 Å². The van der Waals surface area contributed by atoms with Crippen LogP contribution >= 0.6 is 0 Å². The van der Waals surface area contributed by atoms with Crippen molar-refractivity contribution >= 4 is 11.8 Å². The molecule has 0 aliphatic carbocycles. The van der Waals surface area contributed by atoms with Gasteiger partial charge in [0, 0.05) is 18.3 Å². The van der Waals surface area contributed by atoms with E-state index in [1.165, 1.54) is 5.56 Å². The maximum absolute atomic E-state index is 12.2. The third kappa shape index (κ3) is 4.13. The Labute approximate surface area is 127 Å². The van der Waals surface area contributed by atoms with Gasteiger partial charge in [-0.05, 0) is 64.2 Å². The average Bonchev–Trinajstić information content (AvgIpc) is 2.37. The third-order valence-electron chi connectivity index (χ3n) is 3.91. The van der Waals surface area contributed by atoms with E-state index in [1.807, 2.05) is 37.8 Å². The number of carbonyl (C=O) groups excluding carboxylic acids is 1. The second-order valence-electron chi connectivity index (χ2n) is 6.91. The van der Waals surface area contributed by atoms with E-state index in [0.717, 1.165) is 25.1 Å². The Morgan fingerprint density at radius 1 is 1.29 bits per heavy atom. The molecule has 2 N–H and O–H groups in total. The van der Waals surface area contributed by atoms with Gasteiger partial charge in [-0.2, -0.15) is 0 Å². The molecule has 1 aliphatic rings. The van der Waals surface area contributed by atoms with Crippen molar-refractivity contribution in [3.05, 3.63) is 29.8 Å². The highest BCUT2D eigenvalue weighted by atomic mass is 16.6. The molecule has 4 heteroatoms. The van der Waals surface area contributed by atoms with Crippen LogP contribution in [0.15, 0.2) is 24.3 Å². The number of carbonyl (C=O) groups is 1. The van der Waals surface area contributed by atoms with Crippen molar-refractivity contribution in [3.8, 4) is 0 Å². The molecule has 1 aromatic rings. The zero-order valence-electron chi connectivity index (χ0n) is 13.4. The zero-order chi connectivity index (χ0) is 15.6. The highest BCUT2D eigenvalue weighted by Crippen LogP contribution is 2.32. The summed E-state index contributed by atoms with van der Waals surface area (Å²) in [5.41, 5.74) is 7.39. The highest BCUT2D eigenvalue weighted by Gasteiger charge is 2.32. The maximum atomic E-state index is 12.2. The van der Waals surface area contributed by atoms with Gasteiger partial charge in [-0.25, -0.2) is 4.79 Å². The molecule has 4 nitrogen and oxygen atoms in total. The molecular formula is C17H26N2O2. The summed E-state index contributed by atoms with van der Waals surface area (Å²) in [6, 6.07) is 8.27. The molecule has 0 aromatic heterocycles. The summed E-state index contributed by atoms with van der Waals surface area (Å²) in [5, 5.41) is 0. The summed E-state index contributed by atoms with van der Waals surface area (Å²) < 4.78 is 5.47. The van der Waals surface area contributed by atoms with Crippen LogP contribution < -0.4 is 5.73 Å². The number of amides is 1. The Morgan fingerprint density at radius 3 is 2.43 bits per heavy atom. The molecule has 1 heterocycles. The van der Waals surface area contributed by atoms with E-state index >= 15 is 0 Å². The normalized spacial score (nSPS) is 23.0. The minimum Gasteiger partial charge on any atom is -0.444 e. The number of anilines is 1. The summed E-state index contributed by atoms with van der Waals surface area (Å²) in [4.78, 5) is 14.0. The van der Waals surface area contributed by atoms with Crippen LogP contribution in [-0.2, 0) is 4.74 Å². The van der Waals surface area contributed by atoms with Gasteiger partial charge in [-0.15, -0.1) is 0 Å². The summed E-state index contributed by atoms with van der Waals surface area (Å²) in [6.45, 7) is 8.53. The lowest BCUT2D eigenvalue weighted by Gasteiger charge is -2.38. The fraction of sp³-hybridized carbons (Fsp3) is 0.588. The Bertz CT molecular complexity index is 491. The van der Waals surface area contributed by atoms with Crippen LogP contribution in [-0.4, -0.2) is 29.2 Å². The van der Waals surface area contributed by atoms with E-state index in [2.05, 4.69) is 19.1 Å². The lowest BCUT2D eigenvalue weighted by Crippen LogP contribution is -2.46. The molecule has 2 rings (SSSR count). The van der Waals surface area contributed by atoms with Crippen LogP contribution in [0.2, 0.25) is 0 Å². The number of hydrogen-bond acceptors (Lipinski definition) is 3. The number of likely N-dealkylation sites (tertiary alicyclic amines) is 1. The number of nitrogen functional groups attached to an aromatic ring is 1. The Morgan fingerprint density at radius 2 is 1.90 bits per heavy atom. The first-order chi connectivity index (χ1) is 9.76. The van der Waals surface area contributed by atoms with Gasteiger partial charge in [-0.1, -0.05) is 12.1 Å². The van der Waals surface area contributed by atoms with Crippen LogP contribution in [0.25, 0.3) is 0 Å². The number of ether oxygens (including phenoxy) is 1. The SMILES string of the molecule is C[C@H]1C[C@@H](c2ccc(N)cc2)CCN1C(=O)OC(C)(C)C. The van der Waals surface area contributed by atoms with Gasteiger partial charge >= 0.3 is 6.09 Å². The van der Waals surface area contributed by atoms with E-state index in [9.17, 15) is 4.79 Å². The molecule has 1 saturated heterocycles. The minimum absolute atomic E-state index is 0.191. The molecule has 0 unspecified atom stereocenters. The highest BCUT2D eigenvalue weighted by molar-refractivity contribution is 5.68. The van der Waals surface area contributed by atoms with Gasteiger partial charge in [0.25, 0.3) is 0 Å². The van der Waals surface area contributed by atoms with Crippen LogP contribution in [0.1, 0.15) is 52.0 Å². The van der Waals surface area contributed by atoms with E-state index in [1.54, 1.807) is 0 Å². The maximum Gasteiger partial charge on any atom is 0.410 e. The third-order valence-corrected chi connectivity index (χ3v) is 3.91. The molecule has 116 valence electrons. The molecule has 1 aromatic carbocycles. The van der Waals surface area contributed by atoms with Gasteiger partial charge in [0.2, 0.25) is 0 Å². The molecular weight excluding hydrogens is 264 g/mol. The van der Waals surface area contributed by atoms with Crippen molar-refractivity contribution < 1.29 is 9.53 Å². The topological polar surface area (TPSA) is 55.6 Å². The summed E-state index contributed by atoms with van der Waals surface area (Å²) in [5.74, 6) is 0.485. The number of rotatable bonds is 1. The lowest BCUT2D eigenvalue weighted by molar-refractivity contribution is 0.0104.